The first-order chi connectivity index (χ1) is 21.8. The van der Waals surface area contributed by atoms with E-state index in [0.717, 1.165) is 53.0 Å². The molecular weight excluding hydrogens is 599 g/mol. The molecule has 11 nitrogen and oxygen atoms in total. The average Bonchev–Trinajstić information content (AvgIpc) is 3.36. The van der Waals surface area contributed by atoms with Gasteiger partial charge in [-0.1, -0.05) is 31.8 Å². The lowest BCUT2D eigenvalue weighted by atomic mass is 10.0. The summed E-state index contributed by atoms with van der Waals surface area (Å²) in [4.78, 5) is 31.4. The van der Waals surface area contributed by atoms with Crippen molar-refractivity contribution in [3.8, 4) is 0 Å². The Morgan fingerprint density at radius 1 is 1.13 bits per heavy atom. The van der Waals surface area contributed by atoms with E-state index in [1.165, 1.54) is 5.57 Å². The summed E-state index contributed by atoms with van der Waals surface area (Å²) >= 11 is 0. The molecule has 12 heteroatoms. The van der Waals surface area contributed by atoms with Gasteiger partial charge in [0.2, 0.25) is 0 Å². The van der Waals surface area contributed by atoms with E-state index in [4.69, 9.17) is 24.2 Å². The van der Waals surface area contributed by atoms with Gasteiger partial charge >= 0.3 is 6.09 Å². The number of hydrogen-bond donors (Lipinski definition) is 1. The van der Waals surface area contributed by atoms with Crippen LogP contribution in [0.15, 0.2) is 36.8 Å². The van der Waals surface area contributed by atoms with Crippen LogP contribution in [-0.4, -0.2) is 89.2 Å². The number of carbonyl (C=O) groups excluding carboxylic acids is 1. The second-order valence-corrected chi connectivity index (χ2v) is 20.3. The molecular formula is C34H51N7O4Si. The smallest absolute Gasteiger partial charge is 0.410 e. The fraction of sp³-hybridized carbons (Fsp3) is 0.588. The molecule has 1 amide bonds. The number of nitrogens with zero attached hydrogens (tertiary/aromatic N) is 6. The Balaban J connectivity index is 1.32. The average molecular weight is 650 g/mol. The van der Waals surface area contributed by atoms with E-state index in [0.29, 0.717) is 39.6 Å². The fourth-order valence-electron chi connectivity index (χ4n) is 6.01. The van der Waals surface area contributed by atoms with Crippen LogP contribution in [0.25, 0.3) is 16.6 Å². The highest BCUT2D eigenvalue weighted by atomic mass is 28.3. The van der Waals surface area contributed by atoms with Crippen molar-refractivity contribution in [2.75, 3.05) is 43.1 Å². The summed E-state index contributed by atoms with van der Waals surface area (Å²) in [6.45, 7) is 21.3. The molecule has 2 aliphatic rings. The molecule has 0 aliphatic carbocycles. The van der Waals surface area contributed by atoms with Crippen LogP contribution in [0.3, 0.4) is 0 Å². The maximum absolute atomic E-state index is 12.9. The molecule has 5 heterocycles. The summed E-state index contributed by atoms with van der Waals surface area (Å²) < 4.78 is 19.5. The largest absolute Gasteiger partial charge is 0.444 e. The SMILES string of the molecule is C[C@H]1CN(c2cccc(CNc3ncnc4c3c(C3=CCOCC3)cn4COCC[Si](C)(C)C)n2)C[C@H](C)N1C(=O)OC(C)(C)C. The quantitative estimate of drug-likeness (QED) is 0.198. The van der Waals surface area contributed by atoms with E-state index < -0.39 is 13.7 Å². The monoisotopic (exact) mass is 649 g/mol. The molecule has 0 bridgehead atoms. The van der Waals surface area contributed by atoms with Crippen LogP contribution in [-0.2, 0) is 27.5 Å². The first-order valence-electron chi connectivity index (χ1n) is 16.4. The van der Waals surface area contributed by atoms with Gasteiger partial charge in [-0.15, -0.1) is 0 Å². The topological polar surface area (TPSA) is 107 Å². The molecule has 0 saturated carbocycles. The van der Waals surface area contributed by atoms with E-state index in [1.807, 2.05) is 43.9 Å². The van der Waals surface area contributed by atoms with Crippen LogP contribution in [0.4, 0.5) is 16.4 Å². The van der Waals surface area contributed by atoms with Gasteiger partial charge in [0, 0.05) is 39.5 Å². The van der Waals surface area contributed by atoms with Gasteiger partial charge in [0.05, 0.1) is 42.9 Å². The van der Waals surface area contributed by atoms with Gasteiger partial charge in [-0.25, -0.2) is 19.7 Å². The van der Waals surface area contributed by atoms with Gasteiger partial charge in [-0.2, -0.15) is 0 Å². The van der Waals surface area contributed by atoms with Gasteiger partial charge in [-0.3, -0.25) is 4.90 Å². The number of anilines is 2. The van der Waals surface area contributed by atoms with Crippen molar-refractivity contribution >= 4 is 42.4 Å². The zero-order chi connectivity index (χ0) is 33.1. The number of pyridine rings is 1. The van der Waals surface area contributed by atoms with Crippen LogP contribution in [0.5, 0.6) is 0 Å². The van der Waals surface area contributed by atoms with Crippen LogP contribution < -0.4 is 10.2 Å². The normalized spacial score (nSPS) is 19.3. The number of rotatable bonds is 10. The molecule has 3 aromatic heterocycles. The third-order valence-corrected chi connectivity index (χ3v) is 9.97. The van der Waals surface area contributed by atoms with Gasteiger partial charge < -0.3 is 29.0 Å². The van der Waals surface area contributed by atoms with Crippen molar-refractivity contribution in [1.82, 2.24) is 24.4 Å². The first kappa shape index (κ1) is 33.9. The molecule has 3 aromatic rings. The number of carbonyl (C=O) groups is 1. The fourth-order valence-corrected chi connectivity index (χ4v) is 6.77. The van der Waals surface area contributed by atoms with Crippen molar-refractivity contribution < 1.29 is 19.0 Å². The molecule has 0 spiro atoms. The Hall–Kier alpha value is -3.48. The van der Waals surface area contributed by atoms with Gasteiger partial charge in [0.1, 0.15) is 35.9 Å². The Bertz CT molecular complexity index is 1530. The second kappa shape index (κ2) is 14.1. The molecule has 0 radical (unpaired) electrons. The first-order valence-corrected chi connectivity index (χ1v) is 20.1. The third kappa shape index (κ3) is 8.45. The highest BCUT2D eigenvalue weighted by Gasteiger charge is 2.36. The maximum atomic E-state index is 12.9. The van der Waals surface area contributed by atoms with E-state index in [9.17, 15) is 4.79 Å². The number of ether oxygens (including phenoxy) is 3. The zero-order valence-corrected chi connectivity index (χ0v) is 29.8. The summed E-state index contributed by atoms with van der Waals surface area (Å²) in [7, 11) is -1.18. The molecule has 1 saturated heterocycles. The van der Waals surface area contributed by atoms with Crippen molar-refractivity contribution in [1.29, 1.82) is 0 Å². The lowest BCUT2D eigenvalue weighted by Gasteiger charge is -2.45. The Kier molecular flexibility index (Phi) is 10.4. The Labute approximate surface area is 274 Å². The summed E-state index contributed by atoms with van der Waals surface area (Å²) in [6.07, 6.45) is 6.49. The number of hydrogen-bond acceptors (Lipinski definition) is 9. The van der Waals surface area contributed by atoms with Crippen LogP contribution >= 0.6 is 0 Å². The van der Waals surface area contributed by atoms with Crippen LogP contribution in [0.1, 0.15) is 52.3 Å². The van der Waals surface area contributed by atoms with E-state index in [1.54, 1.807) is 6.33 Å². The third-order valence-electron chi connectivity index (χ3n) is 8.27. The summed E-state index contributed by atoms with van der Waals surface area (Å²) in [5.74, 6) is 1.66. The molecule has 1 N–H and O–H groups in total. The second-order valence-electron chi connectivity index (χ2n) is 14.7. The summed E-state index contributed by atoms with van der Waals surface area (Å²) in [6, 6.07) is 7.19. The molecule has 2 aliphatic heterocycles. The van der Waals surface area contributed by atoms with Crippen molar-refractivity contribution in [2.45, 2.75) is 97.7 Å². The lowest BCUT2D eigenvalue weighted by molar-refractivity contribution is 0.00559. The van der Waals surface area contributed by atoms with Gasteiger partial charge in [0.15, 0.2) is 0 Å². The minimum Gasteiger partial charge on any atom is -0.444 e. The number of nitrogens with one attached hydrogen (secondary N) is 1. The predicted octanol–water partition coefficient (Wildman–Crippen LogP) is 6.39. The highest BCUT2D eigenvalue weighted by molar-refractivity contribution is 6.76. The van der Waals surface area contributed by atoms with Crippen LogP contribution in [0.2, 0.25) is 25.7 Å². The molecule has 46 heavy (non-hydrogen) atoms. The standard InChI is InChI=1S/C34H51N7O4Si/c1-24-19-39(20-25(2)41(24)33(42)45-34(3,4)5)29-11-9-10-27(38-29)18-35-31-30-28(26-12-14-43-15-13-26)21-40(32(30)37-22-36-31)23-44-16-17-46(6,7)8/h9-12,21-22,24-25H,13-20,23H2,1-8H3,(H,35,36,37)/t24-,25-/m0/s1. The van der Waals surface area contributed by atoms with Crippen LogP contribution in [0, 0.1) is 0 Å². The zero-order valence-electron chi connectivity index (χ0n) is 28.8. The van der Waals surface area contributed by atoms with E-state index in [-0.39, 0.29) is 18.2 Å². The van der Waals surface area contributed by atoms with Gasteiger partial charge in [-0.05, 0) is 64.8 Å². The Morgan fingerprint density at radius 2 is 1.89 bits per heavy atom. The van der Waals surface area contributed by atoms with E-state index >= 15 is 0 Å². The van der Waals surface area contributed by atoms with Crippen molar-refractivity contribution in [3.63, 3.8) is 0 Å². The number of amides is 1. The van der Waals surface area contributed by atoms with Crippen molar-refractivity contribution in [3.05, 3.63) is 48.1 Å². The number of piperazine rings is 1. The highest BCUT2D eigenvalue weighted by Crippen LogP contribution is 2.34. The van der Waals surface area contributed by atoms with Crippen molar-refractivity contribution in [2.24, 2.45) is 0 Å². The summed E-state index contributed by atoms with van der Waals surface area (Å²) in [5.41, 5.74) is 3.57. The minimum atomic E-state index is -1.18. The molecule has 5 rings (SSSR count). The van der Waals surface area contributed by atoms with E-state index in [2.05, 4.69) is 65.5 Å². The molecule has 2 atom stereocenters. The molecule has 0 unspecified atom stereocenters. The molecule has 1 fully saturated rings. The van der Waals surface area contributed by atoms with Gasteiger partial charge in [0.25, 0.3) is 0 Å². The molecule has 250 valence electrons. The maximum Gasteiger partial charge on any atom is 0.410 e. The predicted molar refractivity (Wildman–Crippen MR) is 186 cm³/mol. The Morgan fingerprint density at radius 3 is 2.57 bits per heavy atom. The number of aromatic nitrogens is 4. The minimum absolute atomic E-state index is 0.0158. The number of fused-ring (bicyclic) bond motifs is 1. The molecule has 0 aromatic carbocycles. The summed E-state index contributed by atoms with van der Waals surface area (Å²) in [5, 5.41) is 4.55. The lowest BCUT2D eigenvalue weighted by Crippen LogP contribution is -2.59.